The van der Waals surface area contributed by atoms with Gasteiger partial charge in [-0.2, -0.15) is 0 Å². The lowest BCUT2D eigenvalue weighted by molar-refractivity contribution is 1.01. The molecule has 1 aliphatic carbocycles. The van der Waals surface area contributed by atoms with Gasteiger partial charge in [-0.3, -0.25) is 0 Å². The van der Waals surface area contributed by atoms with E-state index in [1.165, 1.54) is 11.1 Å². The lowest BCUT2D eigenvalue weighted by Crippen LogP contribution is -1.86. The minimum atomic E-state index is 0.991. The van der Waals surface area contributed by atoms with Gasteiger partial charge in [-0.25, -0.2) is 0 Å². The predicted octanol–water partition coefficient (Wildman–Crippen LogP) is 4.19. The van der Waals surface area contributed by atoms with E-state index >= 15 is 0 Å². The Bertz CT molecular complexity index is 236. The third-order valence-corrected chi connectivity index (χ3v) is 2.71. The van der Waals surface area contributed by atoms with Crippen LogP contribution in [0.25, 0.3) is 0 Å². The molecule has 0 heterocycles. The minimum Gasteiger partial charge on any atom is -0.0841 e. The van der Waals surface area contributed by atoms with Crippen LogP contribution in [0.1, 0.15) is 33.1 Å². The van der Waals surface area contributed by atoms with E-state index < -0.39 is 0 Å². The summed E-state index contributed by atoms with van der Waals surface area (Å²) in [5, 5.41) is 0.991. The predicted molar refractivity (Wildman–Crippen MR) is 55.3 cm³/mol. The molecule has 1 heteroatoms. The fourth-order valence-electron chi connectivity index (χ4n) is 1.36. The molecule has 0 saturated carbocycles. The maximum atomic E-state index is 6.22. The van der Waals surface area contributed by atoms with Crippen molar-refractivity contribution < 1.29 is 0 Å². The van der Waals surface area contributed by atoms with Crippen LogP contribution in [-0.2, 0) is 0 Å². The van der Waals surface area contributed by atoms with Crippen LogP contribution in [-0.4, -0.2) is 0 Å². The van der Waals surface area contributed by atoms with Crippen molar-refractivity contribution in [3.05, 3.63) is 34.4 Å². The zero-order valence-electron chi connectivity index (χ0n) is 7.73. The molecule has 0 aromatic heterocycles. The summed E-state index contributed by atoms with van der Waals surface area (Å²) >= 11 is 6.22. The first kappa shape index (κ1) is 9.60. The Morgan fingerprint density at radius 1 is 1.33 bits per heavy atom. The molecule has 0 saturated heterocycles. The van der Waals surface area contributed by atoms with Crippen molar-refractivity contribution in [2.45, 2.75) is 33.1 Å². The monoisotopic (exact) mass is 182 g/mol. The summed E-state index contributed by atoms with van der Waals surface area (Å²) in [5.74, 6) is 0. The standard InChI is InChI=1S/C11H15Cl/c1-3-9-7-5-6-8-10(4-2)11(9)12/h5-7H,3-4,8H2,1-2H3. The minimum absolute atomic E-state index is 0.991. The second kappa shape index (κ2) is 4.51. The maximum absolute atomic E-state index is 6.22. The number of rotatable bonds is 2. The van der Waals surface area contributed by atoms with Crippen LogP contribution < -0.4 is 0 Å². The summed E-state index contributed by atoms with van der Waals surface area (Å²) in [4.78, 5) is 0. The molecule has 1 aliphatic rings. The second-order valence-electron chi connectivity index (χ2n) is 2.95. The fraction of sp³-hybridized carbons (Fsp3) is 0.455. The quantitative estimate of drug-likeness (QED) is 0.601. The summed E-state index contributed by atoms with van der Waals surface area (Å²) in [6.07, 6.45) is 9.47. The van der Waals surface area contributed by atoms with Crippen LogP contribution in [0.15, 0.2) is 34.4 Å². The fourth-order valence-corrected chi connectivity index (χ4v) is 1.76. The number of allylic oxidation sites excluding steroid dienone is 6. The first-order valence-corrected chi connectivity index (χ1v) is 4.91. The zero-order valence-corrected chi connectivity index (χ0v) is 8.49. The first-order valence-electron chi connectivity index (χ1n) is 4.53. The molecule has 0 aliphatic heterocycles. The van der Waals surface area contributed by atoms with Crippen LogP contribution in [0.3, 0.4) is 0 Å². The molecule has 0 fully saturated rings. The first-order chi connectivity index (χ1) is 5.79. The Kier molecular flexibility index (Phi) is 3.61. The Morgan fingerprint density at radius 2 is 2.08 bits per heavy atom. The van der Waals surface area contributed by atoms with Gasteiger partial charge < -0.3 is 0 Å². The van der Waals surface area contributed by atoms with Crippen molar-refractivity contribution in [2.75, 3.05) is 0 Å². The molecule has 66 valence electrons. The Labute approximate surface area is 79.6 Å². The van der Waals surface area contributed by atoms with Crippen LogP contribution >= 0.6 is 11.6 Å². The molecular weight excluding hydrogens is 168 g/mol. The van der Waals surface area contributed by atoms with E-state index in [1.54, 1.807) is 0 Å². The van der Waals surface area contributed by atoms with E-state index in [9.17, 15) is 0 Å². The molecule has 12 heavy (non-hydrogen) atoms. The van der Waals surface area contributed by atoms with Gasteiger partial charge in [-0.05, 0) is 30.4 Å². The Morgan fingerprint density at radius 3 is 2.67 bits per heavy atom. The van der Waals surface area contributed by atoms with E-state index in [0.717, 1.165) is 24.3 Å². The van der Waals surface area contributed by atoms with E-state index in [4.69, 9.17) is 11.6 Å². The Hall–Kier alpha value is -0.490. The SMILES string of the molecule is CCC1=CC=CCC(CC)=C1Cl. The van der Waals surface area contributed by atoms with Crippen molar-refractivity contribution >= 4 is 11.6 Å². The average molecular weight is 183 g/mol. The highest BCUT2D eigenvalue weighted by Crippen LogP contribution is 2.28. The number of hydrogen-bond acceptors (Lipinski definition) is 0. The van der Waals surface area contributed by atoms with E-state index in [0.29, 0.717) is 0 Å². The van der Waals surface area contributed by atoms with Gasteiger partial charge in [-0.15, -0.1) is 0 Å². The van der Waals surface area contributed by atoms with Gasteiger partial charge in [0.1, 0.15) is 0 Å². The Balaban J connectivity index is 2.98. The van der Waals surface area contributed by atoms with Crippen molar-refractivity contribution in [3.8, 4) is 0 Å². The van der Waals surface area contributed by atoms with E-state index in [1.807, 2.05) is 0 Å². The van der Waals surface area contributed by atoms with Gasteiger partial charge in [0, 0.05) is 5.03 Å². The molecular formula is C11H15Cl. The molecule has 1 rings (SSSR count). The largest absolute Gasteiger partial charge is 0.0841 e. The van der Waals surface area contributed by atoms with Crippen molar-refractivity contribution in [1.29, 1.82) is 0 Å². The van der Waals surface area contributed by atoms with Gasteiger partial charge in [-0.1, -0.05) is 43.7 Å². The van der Waals surface area contributed by atoms with Gasteiger partial charge in [0.05, 0.1) is 0 Å². The van der Waals surface area contributed by atoms with Gasteiger partial charge >= 0.3 is 0 Å². The van der Waals surface area contributed by atoms with Crippen molar-refractivity contribution in [1.82, 2.24) is 0 Å². The summed E-state index contributed by atoms with van der Waals surface area (Å²) in [6.45, 7) is 4.30. The molecule has 0 atom stereocenters. The summed E-state index contributed by atoms with van der Waals surface area (Å²) in [7, 11) is 0. The maximum Gasteiger partial charge on any atom is 0.0432 e. The van der Waals surface area contributed by atoms with E-state index in [2.05, 4.69) is 32.1 Å². The third-order valence-electron chi connectivity index (χ3n) is 2.20. The van der Waals surface area contributed by atoms with Crippen LogP contribution in [0, 0.1) is 0 Å². The van der Waals surface area contributed by atoms with Gasteiger partial charge in [0.25, 0.3) is 0 Å². The smallest absolute Gasteiger partial charge is 0.0432 e. The highest BCUT2D eigenvalue weighted by atomic mass is 35.5. The zero-order chi connectivity index (χ0) is 8.97. The van der Waals surface area contributed by atoms with Crippen LogP contribution in [0.2, 0.25) is 0 Å². The molecule has 0 bridgehead atoms. The average Bonchev–Trinajstić information content (AvgIpc) is 2.27. The lowest BCUT2D eigenvalue weighted by atomic mass is 10.1. The molecule has 0 aromatic carbocycles. The third kappa shape index (κ3) is 2.01. The molecule has 0 radical (unpaired) electrons. The van der Waals surface area contributed by atoms with E-state index in [-0.39, 0.29) is 0 Å². The molecule has 0 aromatic rings. The molecule has 0 unspecified atom stereocenters. The molecule has 0 amide bonds. The van der Waals surface area contributed by atoms with Gasteiger partial charge in [0.15, 0.2) is 0 Å². The number of hydrogen-bond donors (Lipinski definition) is 0. The molecule has 0 nitrogen and oxygen atoms in total. The lowest BCUT2D eigenvalue weighted by Gasteiger charge is -2.06. The molecule has 0 N–H and O–H groups in total. The van der Waals surface area contributed by atoms with Crippen LogP contribution in [0.4, 0.5) is 0 Å². The van der Waals surface area contributed by atoms with Gasteiger partial charge in [0.2, 0.25) is 0 Å². The molecule has 0 spiro atoms. The van der Waals surface area contributed by atoms with Crippen LogP contribution in [0.5, 0.6) is 0 Å². The van der Waals surface area contributed by atoms with Crippen molar-refractivity contribution in [2.24, 2.45) is 0 Å². The second-order valence-corrected chi connectivity index (χ2v) is 3.33. The van der Waals surface area contributed by atoms with Crippen molar-refractivity contribution in [3.63, 3.8) is 0 Å². The summed E-state index contributed by atoms with van der Waals surface area (Å²) < 4.78 is 0. The number of halogens is 1. The topological polar surface area (TPSA) is 0 Å². The highest BCUT2D eigenvalue weighted by molar-refractivity contribution is 6.32. The normalized spacial score (nSPS) is 17.8. The summed E-state index contributed by atoms with van der Waals surface area (Å²) in [6, 6.07) is 0. The highest BCUT2D eigenvalue weighted by Gasteiger charge is 2.07. The summed E-state index contributed by atoms with van der Waals surface area (Å²) in [5.41, 5.74) is 2.63.